The van der Waals surface area contributed by atoms with Gasteiger partial charge in [0, 0.05) is 0 Å². The zero-order valence-corrected chi connectivity index (χ0v) is 19.4. The van der Waals surface area contributed by atoms with E-state index >= 15 is 0 Å². The van der Waals surface area contributed by atoms with Crippen LogP contribution in [0.2, 0.25) is 0 Å². The van der Waals surface area contributed by atoms with Crippen molar-refractivity contribution in [3.8, 4) is 0 Å². The molecular weight excluding hydrogens is 452 g/mol. The summed E-state index contributed by atoms with van der Waals surface area (Å²) in [7, 11) is 0. The summed E-state index contributed by atoms with van der Waals surface area (Å²) < 4.78 is 22.9. The van der Waals surface area contributed by atoms with Crippen LogP contribution in [0, 0.1) is 0 Å². The van der Waals surface area contributed by atoms with Crippen molar-refractivity contribution in [3.63, 3.8) is 0 Å². The lowest BCUT2D eigenvalue weighted by Crippen LogP contribution is -2.71. The summed E-state index contributed by atoms with van der Waals surface area (Å²) in [6.07, 6.45) is -3.27. The van der Waals surface area contributed by atoms with Crippen LogP contribution in [0.3, 0.4) is 0 Å². The SMILES string of the molecule is OC[C@H]1O[C@H](O[C@H]2O[C@H](CO)[C@]3(O)CCCCCCCCCCC4O[C@@]43[C@H]2O)[C@H](O)[C@@H](O)[C@@H]1O. The Hall–Kier alpha value is -0.440. The molecule has 0 aromatic rings. The van der Waals surface area contributed by atoms with E-state index in [0.717, 1.165) is 38.5 Å². The summed E-state index contributed by atoms with van der Waals surface area (Å²) in [6.45, 7) is -1.18. The van der Waals surface area contributed by atoms with E-state index in [-0.39, 0.29) is 6.42 Å². The van der Waals surface area contributed by atoms with Crippen molar-refractivity contribution >= 4 is 0 Å². The number of aliphatic hydroxyl groups excluding tert-OH is 6. The van der Waals surface area contributed by atoms with Crippen LogP contribution in [-0.2, 0) is 18.9 Å². The Balaban J connectivity index is 1.56. The maximum Gasteiger partial charge on any atom is 0.190 e. The predicted octanol–water partition coefficient (Wildman–Crippen LogP) is -1.34. The van der Waals surface area contributed by atoms with Crippen molar-refractivity contribution in [2.75, 3.05) is 13.2 Å². The molecule has 4 fully saturated rings. The molecule has 4 rings (SSSR count). The van der Waals surface area contributed by atoms with E-state index in [1.54, 1.807) is 0 Å². The molecule has 0 aromatic carbocycles. The molecule has 34 heavy (non-hydrogen) atoms. The first kappa shape index (κ1) is 26.6. The summed E-state index contributed by atoms with van der Waals surface area (Å²) in [5.41, 5.74) is -3.05. The highest BCUT2D eigenvalue weighted by Gasteiger charge is 2.78. The monoisotopic (exact) mass is 492 g/mol. The van der Waals surface area contributed by atoms with Gasteiger partial charge >= 0.3 is 0 Å². The zero-order chi connectivity index (χ0) is 24.5. The summed E-state index contributed by atoms with van der Waals surface area (Å²) in [6, 6.07) is 0. The maximum absolute atomic E-state index is 11.8. The molecule has 1 aliphatic carbocycles. The van der Waals surface area contributed by atoms with E-state index in [1.807, 2.05) is 0 Å². The van der Waals surface area contributed by atoms with Gasteiger partial charge in [-0.2, -0.15) is 0 Å². The second-order valence-corrected chi connectivity index (χ2v) is 10.1. The fourth-order valence-electron chi connectivity index (χ4n) is 5.93. The molecule has 0 aromatic heterocycles. The van der Waals surface area contributed by atoms with E-state index in [1.165, 1.54) is 6.42 Å². The molecule has 1 saturated carbocycles. The molecule has 11 nitrogen and oxygen atoms in total. The van der Waals surface area contributed by atoms with Crippen LogP contribution >= 0.6 is 0 Å². The first-order valence-corrected chi connectivity index (χ1v) is 12.6. The fourth-order valence-corrected chi connectivity index (χ4v) is 5.93. The highest BCUT2D eigenvalue weighted by atomic mass is 16.8. The Bertz CT molecular complexity index is 665. The third-order valence-corrected chi connectivity index (χ3v) is 8.02. The molecule has 3 aliphatic heterocycles. The average Bonchev–Trinajstić information content (AvgIpc) is 3.56. The van der Waals surface area contributed by atoms with Gasteiger partial charge in [0.05, 0.1) is 19.3 Å². The van der Waals surface area contributed by atoms with E-state index < -0.39 is 79.7 Å². The summed E-state index contributed by atoms with van der Waals surface area (Å²) in [4.78, 5) is 0. The molecule has 0 radical (unpaired) electrons. The van der Waals surface area contributed by atoms with Crippen LogP contribution in [0.25, 0.3) is 0 Å². The lowest BCUT2D eigenvalue weighted by atomic mass is 9.70. The summed E-state index contributed by atoms with van der Waals surface area (Å²) in [5, 5.41) is 73.1. The highest BCUT2D eigenvalue weighted by molar-refractivity contribution is 5.24. The molecule has 1 unspecified atom stereocenters. The third-order valence-electron chi connectivity index (χ3n) is 8.02. The molecule has 4 aliphatic rings. The van der Waals surface area contributed by atoms with Crippen LogP contribution in [0.4, 0.5) is 0 Å². The minimum atomic E-state index is -1.68. The van der Waals surface area contributed by atoms with Gasteiger partial charge in [0.15, 0.2) is 18.2 Å². The molecule has 7 N–H and O–H groups in total. The standard InChI is InChI=1S/C23H40O11/c24-11-13-16(26)17(27)18(28)20(31-13)33-21-19(29)23-14(34-23)9-7-5-3-1-2-4-6-8-10-22(23,30)15(12-25)32-21/h13-21,24-30H,1-12H2/t13-,14?,15-,16-,17+,18-,19+,20-,21-,22-,23-/m1/s1. The molecule has 11 heteroatoms. The van der Waals surface area contributed by atoms with E-state index in [9.17, 15) is 35.7 Å². The third kappa shape index (κ3) is 4.66. The molecule has 198 valence electrons. The first-order chi connectivity index (χ1) is 16.3. The van der Waals surface area contributed by atoms with Gasteiger partial charge in [0.1, 0.15) is 42.2 Å². The molecule has 11 atom stereocenters. The predicted molar refractivity (Wildman–Crippen MR) is 115 cm³/mol. The highest BCUT2D eigenvalue weighted by Crippen LogP contribution is 2.57. The minimum absolute atomic E-state index is 0.276. The van der Waals surface area contributed by atoms with Crippen molar-refractivity contribution in [1.82, 2.24) is 0 Å². The summed E-state index contributed by atoms with van der Waals surface area (Å²) >= 11 is 0. The largest absolute Gasteiger partial charge is 0.394 e. The Morgan fingerprint density at radius 2 is 1.38 bits per heavy atom. The van der Waals surface area contributed by atoms with Gasteiger partial charge in [-0.1, -0.05) is 51.4 Å². The maximum atomic E-state index is 11.8. The Morgan fingerprint density at radius 3 is 2.03 bits per heavy atom. The van der Waals surface area contributed by atoms with Crippen LogP contribution in [0.5, 0.6) is 0 Å². The lowest BCUT2D eigenvalue weighted by Gasteiger charge is -2.50. The topological polar surface area (TPSA) is 182 Å². The van der Waals surface area contributed by atoms with Gasteiger partial charge in [0.2, 0.25) is 0 Å². The van der Waals surface area contributed by atoms with Gasteiger partial charge in [0.25, 0.3) is 0 Å². The quantitative estimate of drug-likeness (QED) is 0.231. The van der Waals surface area contributed by atoms with Gasteiger partial charge in [-0.25, -0.2) is 0 Å². The van der Waals surface area contributed by atoms with Crippen molar-refractivity contribution in [3.05, 3.63) is 0 Å². The zero-order valence-electron chi connectivity index (χ0n) is 19.4. The second-order valence-electron chi connectivity index (χ2n) is 10.1. The van der Waals surface area contributed by atoms with E-state index in [4.69, 9.17) is 18.9 Å². The van der Waals surface area contributed by atoms with Gasteiger partial charge in [-0.3, -0.25) is 0 Å². The van der Waals surface area contributed by atoms with Gasteiger partial charge in [-0.15, -0.1) is 0 Å². The number of hydrogen-bond donors (Lipinski definition) is 7. The number of epoxide rings is 1. The normalized spacial score (nSPS) is 50.7. The fraction of sp³-hybridized carbons (Fsp3) is 1.00. The van der Waals surface area contributed by atoms with Crippen LogP contribution in [0.15, 0.2) is 0 Å². The van der Waals surface area contributed by atoms with Crippen LogP contribution in [0.1, 0.15) is 64.2 Å². The Kier molecular flexibility index (Phi) is 8.53. The number of hydrogen-bond acceptors (Lipinski definition) is 11. The van der Waals surface area contributed by atoms with Crippen molar-refractivity contribution in [2.24, 2.45) is 0 Å². The molecule has 3 heterocycles. The van der Waals surface area contributed by atoms with Crippen molar-refractivity contribution < 1.29 is 54.7 Å². The summed E-state index contributed by atoms with van der Waals surface area (Å²) in [5.74, 6) is 0. The van der Waals surface area contributed by atoms with E-state index in [2.05, 4.69) is 0 Å². The second kappa shape index (κ2) is 10.9. The molecule has 0 amide bonds. The Morgan fingerprint density at radius 1 is 0.735 bits per heavy atom. The van der Waals surface area contributed by atoms with Crippen LogP contribution in [-0.4, -0.2) is 115 Å². The molecule has 3 saturated heterocycles. The van der Waals surface area contributed by atoms with Gasteiger partial charge < -0.3 is 54.7 Å². The molecule has 0 bridgehead atoms. The number of ether oxygens (including phenoxy) is 4. The lowest BCUT2D eigenvalue weighted by molar-refractivity contribution is -0.386. The van der Waals surface area contributed by atoms with E-state index in [0.29, 0.717) is 12.8 Å². The smallest absolute Gasteiger partial charge is 0.190 e. The first-order valence-electron chi connectivity index (χ1n) is 12.6. The average molecular weight is 493 g/mol. The number of rotatable bonds is 4. The number of aliphatic hydroxyl groups is 7. The van der Waals surface area contributed by atoms with Crippen molar-refractivity contribution in [1.29, 1.82) is 0 Å². The minimum Gasteiger partial charge on any atom is -0.394 e. The van der Waals surface area contributed by atoms with Crippen molar-refractivity contribution in [2.45, 2.75) is 131 Å². The molecular formula is C23H40O11. The van der Waals surface area contributed by atoms with Crippen LogP contribution < -0.4 is 0 Å². The molecule has 1 spiro atoms. The van der Waals surface area contributed by atoms with Gasteiger partial charge in [-0.05, 0) is 12.8 Å². The Labute approximate surface area is 199 Å².